The van der Waals surface area contributed by atoms with E-state index in [0.29, 0.717) is 25.7 Å². The summed E-state index contributed by atoms with van der Waals surface area (Å²) in [7, 11) is 0. The molecule has 0 bridgehead atoms. The van der Waals surface area contributed by atoms with Crippen molar-refractivity contribution in [3.8, 4) is 6.07 Å². The number of rotatable bonds is 6. The van der Waals surface area contributed by atoms with E-state index in [1.807, 2.05) is 44.2 Å². The molecule has 1 heterocycles. The normalized spacial score (nSPS) is 17.2. The number of nitrogens with zero attached hydrogens (tertiary/aromatic N) is 2. The number of amides is 3. The predicted octanol–water partition coefficient (Wildman–Crippen LogP) is 1.73. The Labute approximate surface area is 171 Å². The summed E-state index contributed by atoms with van der Waals surface area (Å²) < 4.78 is 0. The fourth-order valence-corrected chi connectivity index (χ4v) is 2.79. The van der Waals surface area contributed by atoms with Crippen molar-refractivity contribution < 1.29 is 19.2 Å². The maximum Gasteiger partial charge on any atom is 0.243 e. The van der Waals surface area contributed by atoms with E-state index < -0.39 is 17.4 Å². The van der Waals surface area contributed by atoms with Crippen LogP contribution in [0, 0.1) is 22.2 Å². The smallest absolute Gasteiger partial charge is 0.243 e. The molecule has 1 unspecified atom stereocenters. The van der Waals surface area contributed by atoms with Crippen LogP contribution in [0.25, 0.3) is 0 Å². The third kappa shape index (κ3) is 7.37. The Bertz CT molecular complexity index is 769. The van der Waals surface area contributed by atoms with Crippen molar-refractivity contribution in [2.45, 2.75) is 40.2 Å². The Balaban J connectivity index is 0.000000387. The minimum Gasteiger partial charge on any atom is -0.346 e. The highest BCUT2D eigenvalue weighted by atomic mass is 16.2. The maximum atomic E-state index is 12.1. The van der Waals surface area contributed by atoms with Crippen molar-refractivity contribution in [3.63, 3.8) is 0 Å². The number of para-hydroxylation sites is 1. The number of carbonyl (C=O) groups excluding carboxylic acids is 4. The minimum atomic E-state index is -1.15. The van der Waals surface area contributed by atoms with Crippen molar-refractivity contribution in [3.05, 3.63) is 30.3 Å². The second-order valence-electron chi connectivity index (χ2n) is 8.19. The molecule has 0 radical (unpaired) electrons. The van der Waals surface area contributed by atoms with Gasteiger partial charge in [-0.1, -0.05) is 32.0 Å². The molecule has 1 aromatic rings. The van der Waals surface area contributed by atoms with Crippen molar-refractivity contribution in [1.82, 2.24) is 10.2 Å². The Morgan fingerprint density at radius 3 is 2.41 bits per heavy atom. The summed E-state index contributed by atoms with van der Waals surface area (Å²) in [4.78, 5) is 45.9. The van der Waals surface area contributed by atoms with E-state index in [1.54, 1.807) is 0 Å². The molecule has 1 aliphatic heterocycles. The average Bonchev–Trinajstić information content (AvgIpc) is 3.02. The first-order valence-electron chi connectivity index (χ1n) is 9.25. The summed E-state index contributed by atoms with van der Waals surface area (Å²) in [6, 6.07) is 11.0. The summed E-state index contributed by atoms with van der Waals surface area (Å²) >= 11 is 0. The van der Waals surface area contributed by atoms with E-state index in [2.05, 4.69) is 16.7 Å². The molecule has 1 aromatic carbocycles. The molecule has 29 heavy (non-hydrogen) atoms. The van der Waals surface area contributed by atoms with E-state index in [9.17, 15) is 19.2 Å². The Morgan fingerprint density at radius 2 is 1.90 bits per heavy atom. The van der Waals surface area contributed by atoms with Gasteiger partial charge in [-0.05, 0) is 37.8 Å². The highest BCUT2D eigenvalue weighted by molar-refractivity contribution is 5.97. The van der Waals surface area contributed by atoms with Gasteiger partial charge in [-0.3, -0.25) is 14.4 Å². The van der Waals surface area contributed by atoms with Gasteiger partial charge in [0.15, 0.2) is 0 Å². The van der Waals surface area contributed by atoms with Gasteiger partial charge in [0, 0.05) is 12.2 Å². The number of benzene rings is 1. The number of carbonyl (C=O) groups is 4. The molecule has 3 amide bonds. The van der Waals surface area contributed by atoms with E-state index in [-0.39, 0.29) is 17.9 Å². The number of hydrogen-bond donors (Lipinski definition) is 2. The summed E-state index contributed by atoms with van der Waals surface area (Å²) in [6.45, 7) is 7.27. The van der Waals surface area contributed by atoms with Gasteiger partial charge < -0.3 is 20.3 Å². The van der Waals surface area contributed by atoms with Gasteiger partial charge in [-0.15, -0.1) is 0 Å². The summed E-state index contributed by atoms with van der Waals surface area (Å²) in [5, 5.41) is 14.1. The summed E-state index contributed by atoms with van der Waals surface area (Å²) in [5.74, 6) is -0.787. The standard InChI is InChI=1S/C14H21N3O3.C7H7NO/c1-13(2)5-10(6-15)17(8-13)11(19)7-16-12(20)14(3,4)9-18;9-6-8-7-4-2-1-3-5-7/h9-10H,5,7-8H2,1-4H3,(H,16,20);1-6H,(H,8,9). The van der Waals surface area contributed by atoms with Crippen LogP contribution in [0.3, 0.4) is 0 Å². The van der Waals surface area contributed by atoms with E-state index in [0.717, 1.165) is 5.69 Å². The quantitative estimate of drug-likeness (QED) is 0.557. The summed E-state index contributed by atoms with van der Waals surface area (Å²) in [6.07, 6.45) is 1.84. The second-order valence-corrected chi connectivity index (χ2v) is 8.19. The van der Waals surface area contributed by atoms with Crippen LogP contribution in [0.4, 0.5) is 5.69 Å². The average molecular weight is 400 g/mol. The number of nitriles is 1. The third-order valence-electron chi connectivity index (χ3n) is 4.47. The van der Waals surface area contributed by atoms with Gasteiger partial charge in [0.2, 0.25) is 18.2 Å². The van der Waals surface area contributed by atoms with E-state index in [1.165, 1.54) is 18.7 Å². The molecule has 0 saturated carbocycles. The van der Waals surface area contributed by atoms with E-state index >= 15 is 0 Å². The lowest BCUT2D eigenvalue weighted by atomic mass is 9.91. The van der Waals surface area contributed by atoms with Crippen LogP contribution in [0.2, 0.25) is 0 Å². The molecule has 1 atom stereocenters. The molecule has 8 heteroatoms. The lowest BCUT2D eigenvalue weighted by Gasteiger charge is -2.22. The highest BCUT2D eigenvalue weighted by Crippen LogP contribution is 2.33. The van der Waals surface area contributed by atoms with Crippen LogP contribution in [-0.2, 0) is 19.2 Å². The Hall–Kier alpha value is -3.21. The third-order valence-corrected chi connectivity index (χ3v) is 4.47. The van der Waals surface area contributed by atoms with Gasteiger partial charge in [0.1, 0.15) is 12.3 Å². The number of aldehydes is 1. The lowest BCUT2D eigenvalue weighted by molar-refractivity contribution is -0.138. The topological polar surface area (TPSA) is 119 Å². The first-order valence-corrected chi connectivity index (χ1v) is 9.25. The van der Waals surface area contributed by atoms with Gasteiger partial charge >= 0.3 is 0 Å². The first kappa shape index (κ1) is 23.8. The highest BCUT2D eigenvalue weighted by Gasteiger charge is 2.40. The Kier molecular flexibility index (Phi) is 8.52. The van der Waals surface area contributed by atoms with Gasteiger partial charge in [-0.2, -0.15) is 5.26 Å². The molecule has 8 nitrogen and oxygen atoms in total. The largest absolute Gasteiger partial charge is 0.346 e. The van der Waals surface area contributed by atoms with Crippen LogP contribution in [-0.4, -0.2) is 48.5 Å². The zero-order chi connectivity index (χ0) is 22.1. The van der Waals surface area contributed by atoms with Crippen LogP contribution < -0.4 is 10.6 Å². The number of hydrogen-bond acceptors (Lipinski definition) is 5. The molecule has 0 aliphatic carbocycles. The molecule has 1 fully saturated rings. The second kappa shape index (κ2) is 10.4. The zero-order valence-corrected chi connectivity index (χ0v) is 17.3. The molecule has 1 aliphatic rings. The fraction of sp³-hybridized carbons (Fsp3) is 0.476. The number of likely N-dealkylation sites (tertiary alicyclic amines) is 1. The minimum absolute atomic E-state index is 0.0951. The zero-order valence-electron chi connectivity index (χ0n) is 17.3. The van der Waals surface area contributed by atoms with Gasteiger partial charge in [-0.25, -0.2) is 0 Å². The van der Waals surface area contributed by atoms with Crippen molar-refractivity contribution in [2.75, 3.05) is 18.4 Å². The molecule has 0 spiro atoms. The molecule has 2 rings (SSSR count). The molecule has 0 aromatic heterocycles. The van der Waals surface area contributed by atoms with Gasteiger partial charge in [0.25, 0.3) is 0 Å². The maximum absolute atomic E-state index is 12.1. The molecular formula is C21H28N4O4. The van der Waals surface area contributed by atoms with Crippen LogP contribution in [0.5, 0.6) is 0 Å². The predicted molar refractivity (Wildman–Crippen MR) is 108 cm³/mol. The van der Waals surface area contributed by atoms with Gasteiger partial charge in [0.05, 0.1) is 18.0 Å². The van der Waals surface area contributed by atoms with Crippen LogP contribution in [0.15, 0.2) is 30.3 Å². The molecule has 156 valence electrons. The van der Waals surface area contributed by atoms with Crippen molar-refractivity contribution >= 4 is 30.2 Å². The lowest BCUT2D eigenvalue weighted by Crippen LogP contribution is -2.46. The summed E-state index contributed by atoms with van der Waals surface area (Å²) in [5.41, 5.74) is -0.422. The van der Waals surface area contributed by atoms with Crippen molar-refractivity contribution in [1.29, 1.82) is 5.26 Å². The van der Waals surface area contributed by atoms with E-state index in [4.69, 9.17) is 5.26 Å². The first-order chi connectivity index (χ1) is 13.6. The van der Waals surface area contributed by atoms with Crippen molar-refractivity contribution in [2.24, 2.45) is 10.8 Å². The molecular weight excluding hydrogens is 372 g/mol. The van der Waals surface area contributed by atoms with Crippen LogP contribution >= 0.6 is 0 Å². The SMILES string of the molecule is CC1(C)CC(C#N)N(C(=O)CNC(=O)C(C)(C)C=O)C1.O=CNc1ccccc1. The fourth-order valence-electron chi connectivity index (χ4n) is 2.79. The monoisotopic (exact) mass is 400 g/mol. The molecule has 2 N–H and O–H groups in total. The Morgan fingerprint density at radius 1 is 1.28 bits per heavy atom. The number of anilines is 1. The van der Waals surface area contributed by atoms with Crippen LogP contribution in [0.1, 0.15) is 34.1 Å². The molecule has 1 saturated heterocycles. The number of nitrogens with one attached hydrogen (secondary N) is 2.